The molecule has 0 amide bonds. The number of nitrogens with zero attached hydrogens (tertiary/aromatic N) is 1. The first-order chi connectivity index (χ1) is 9.81. The molecule has 2 aromatic rings. The molecular weight excluding hydrogens is 252 g/mol. The highest BCUT2D eigenvalue weighted by Crippen LogP contribution is 2.24. The number of benzene rings is 1. The number of rotatable bonds is 3. The maximum absolute atomic E-state index is 11.4. The number of methoxy groups -OCH3 is 1. The van der Waals surface area contributed by atoms with E-state index in [1.165, 1.54) is 19.3 Å². The van der Waals surface area contributed by atoms with Crippen LogP contribution in [-0.4, -0.2) is 26.5 Å². The van der Waals surface area contributed by atoms with E-state index in [0.29, 0.717) is 0 Å². The van der Waals surface area contributed by atoms with Gasteiger partial charge < -0.3 is 4.74 Å². The van der Waals surface area contributed by atoms with Crippen LogP contribution in [-0.2, 0) is 0 Å². The number of pyridine rings is 1. The summed E-state index contributed by atoms with van der Waals surface area (Å²) >= 11 is 0. The van der Waals surface area contributed by atoms with Gasteiger partial charge in [-0.25, -0.2) is 4.98 Å². The van der Waals surface area contributed by atoms with Crippen LogP contribution >= 0.6 is 0 Å². The summed E-state index contributed by atoms with van der Waals surface area (Å²) in [5.41, 5.74) is 1.72. The third-order valence-electron chi connectivity index (χ3n) is 3.90. The molecule has 0 atom stereocenters. The van der Waals surface area contributed by atoms with Gasteiger partial charge in [-0.3, -0.25) is 9.69 Å². The number of nitrogens with one attached hydrogen (secondary N) is 1. The maximum Gasteiger partial charge on any atom is 0.285 e. The molecule has 0 spiro atoms. The predicted molar refractivity (Wildman–Crippen MR) is 78.5 cm³/mol. The smallest absolute Gasteiger partial charge is 0.285 e. The molecule has 3 rings (SSSR count). The zero-order valence-electron chi connectivity index (χ0n) is 11.7. The molecule has 4 nitrogen and oxygen atoms in total. The van der Waals surface area contributed by atoms with Gasteiger partial charge in [0.25, 0.3) is 5.82 Å². The summed E-state index contributed by atoms with van der Waals surface area (Å²) in [6, 6.07) is 7.79. The Morgan fingerprint density at radius 1 is 1.20 bits per heavy atom. The van der Waals surface area contributed by atoms with Crippen molar-refractivity contribution < 1.29 is 14.5 Å². The van der Waals surface area contributed by atoms with Gasteiger partial charge in [0, 0.05) is 11.5 Å². The molecule has 0 unspecified atom stereocenters. The van der Waals surface area contributed by atoms with E-state index in [-0.39, 0.29) is 0 Å². The van der Waals surface area contributed by atoms with Gasteiger partial charge in [0.15, 0.2) is 6.29 Å². The lowest BCUT2D eigenvalue weighted by molar-refractivity contribution is -0.331. The molecule has 0 radical (unpaired) electrons. The maximum atomic E-state index is 11.4. The summed E-state index contributed by atoms with van der Waals surface area (Å²) in [5.74, 6) is 1.75. The number of carbonyl (C=O) groups excluding carboxylic acids is 1. The number of ether oxygens (including phenoxy) is 1. The van der Waals surface area contributed by atoms with Crippen molar-refractivity contribution in [3.05, 3.63) is 29.8 Å². The van der Waals surface area contributed by atoms with Crippen LogP contribution in [0.4, 0.5) is 5.82 Å². The molecule has 4 heteroatoms. The Morgan fingerprint density at radius 3 is 2.70 bits per heavy atom. The van der Waals surface area contributed by atoms with Crippen molar-refractivity contribution in [3.63, 3.8) is 0 Å². The Labute approximate surface area is 118 Å². The van der Waals surface area contributed by atoms with Crippen molar-refractivity contribution in [1.29, 1.82) is 0 Å². The molecule has 0 bridgehead atoms. The van der Waals surface area contributed by atoms with Gasteiger partial charge in [0.2, 0.25) is 0 Å². The summed E-state index contributed by atoms with van der Waals surface area (Å²) in [6.07, 6.45) is 4.57. The summed E-state index contributed by atoms with van der Waals surface area (Å²) in [7, 11) is 1.66. The van der Waals surface area contributed by atoms with Gasteiger partial charge in [0.1, 0.15) is 16.8 Å². The highest BCUT2D eigenvalue weighted by Gasteiger charge is 2.23. The van der Waals surface area contributed by atoms with E-state index in [4.69, 9.17) is 4.74 Å². The molecule has 0 saturated carbocycles. The normalized spacial score (nSPS) is 15.3. The van der Waals surface area contributed by atoms with Crippen LogP contribution in [0.5, 0.6) is 5.75 Å². The number of H-pyrrole nitrogens is 1. The fourth-order valence-corrected chi connectivity index (χ4v) is 2.80. The number of aldehydes is 1. The second kappa shape index (κ2) is 5.49. The van der Waals surface area contributed by atoms with Crippen molar-refractivity contribution in [2.75, 3.05) is 25.1 Å². The first kappa shape index (κ1) is 12.9. The highest BCUT2D eigenvalue weighted by atomic mass is 16.5. The van der Waals surface area contributed by atoms with E-state index >= 15 is 0 Å². The van der Waals surface area contributed by atoms with Crippen LogP contribution in [0, 0.1) is 0 Å². The van der Waals surface area contributed by atoms with E-state index in [1.807, 2.05) is 24.3 Å². The summed E-state index contributed by atoms with van der Waals surface area (Å²) in [6.45, 7) is 2.01. The molecule has 2 heterocycles. The average Bonchev–Trinajstić information content (AvgIpc) is 2.53. The molecule has 1 fully saturated rings. The second-order valence-corrected chi connectivity index (χ2v) is 5.19. The number of carbonyl (C=O) groups is 1. The lowest BCUT2D eigenvalue weighted by Crippen LogP contribution is -2.35. The van der Waals surface area contributed by atoms with Crippen molar-refractivity contribution in [1.82, 2.24) is 0 Å². The zero-order valence-corrected chi connectivity index (χ0v) is 11.7. The van der Waals surface area contributed by atoms with Crippen LogP contribution < -0.4 is 14.6 Å². The van der Waals surface area contributed by atoms with Crippen molar-refractivity contribution >= 4 is 23.0 Å². The number of fused-ring (bicyclic) bond motifs is 1. The fourth-order valence-electron chi connectivity index (χ4n) is 2.80. The van der Waals surface area contributed by atoms with E-state index in [9.17, 15) is 4.79 Å². The van der Waals surface area contributed by atoms with Crippen LogP contribution in [0.2, 0.25) is 0 Å². The van der Waals surface area contributed by atoms with Gasteiger partial charge in [-0.15, -0.1) is 0 Å². The van der Waals surface area contributed by atoms with Crippen LogP contribution in [0.25, 0.3) is 10.9 Å². The Morgan fingerprint density at radius 2 is 2.00 bits per heavy atom. The first-order valence-corrected chi connectivity index (χ1v) is 7.06. The minimum absolute atomic E-state index is 0.726. The van der Waals surface area contributed by atoms with Gasteiger partial charge in [-0.05, 0) is 37.5 Å². The van der Waals surface area contributed by atoms with E-state index in [2.05, 4.69) is 9.88 Å². The summed E-state index contributed by atoms with van der Waals surface area (Å²) in [4.78, 5) is 17.0. The average molecular weight is 271 g/mol. The van der Waals surface area contributed by atoms with Gasteiger partial charge >= 0.3 is 0 Å². The van der Waals surface area contributed by atoms with E-state index < -0.39 is 0 Å². The second-order valence-electron chi connectivity index (χ2n) is 5.19. The molecule has 1 aromatic heterocycles. The number of piperidine rings is 1. The van der Waals surface area contributed by atoms with E-state index in [1.54, 1.807) is 7.11 Å². The fraction of sp³-hybridized carbons (Fsp3) is 0.375. The molecule has 1 aliphatic heterocycles. The Balaban J connectivity index is 2.10. The van der Waals surface area contributed by atoms with Gasteiger partial charge in [0.05, 0.1) is 20.2 Å². The van der Waals surface area contributed by atoms with E-state index in [0.717, 1.165) is 47.4 Å². The largest absolute Gasteiger partial charge is 0.497 e. The topological polar surface area (TPSA) is 43.7 Å². The van der Waals surface area contributed by atoms with Crippen molar-refractivity contribution in [2.24, 2.45) is 0 Å². The molecule has 1 aliphatic rings. The Hall–Kier alpha value is -2.10. The Kier molecular flexibility index (Phi) is 3.54. The van der Waals surface area contributed by atoms with Crippen LogP contribution in [0.15, 0.2) is 24.3 Å². The standard InChI is InChI=1S/C16H18N2O2/c1-20-14-6-5-12-9-13(11-19)16(17-15(12)10-14)18-7-3-2-4-8-18/h5-6,9-11H,2-4,7-8H2,1H3/p+1. The molecule has 20 heavy (non-hydrogen) atoms. The minimum atomic E-state index is 0.726. The van der Waals surface area contributed by atoms with Gasteiger partial charge in [-0.1, -0.05) is 0 Å². The highest BCUT2D eigenvalue weighted by molar-refractivity contribution is 5.89. The third-order valence-corrected chi connectivity index (χ3v) is 3.90. The summed E-state index contributed by atoms with van der Waals surface area (Å²) in [5, 5.41) is 1.02. The van der Waals surface area contributed by atoms with Crippen LogP contribution in [0.3, 0.4) is 0 Å². The number of anilines is 1. The lowest BCUT2D eigenvalue weighted by atomic mass is 10.1. The van der Waals surface area contributed by atoms with Crippen molar-refractivity contribution in [2.45, 2.75) is 19.3 Å². The minimum Gasteiger partial charge on any atom is -0.497 e. The summed E-state index contributed by atoms with van der Waals surface area (Å²) < 4.78 is 5.26. The number of aromatic nitrogens is 1. The third kappa shape index (κ3) is 2.33. The predicted octanol–water partition coefficient (Wildman–Crippen LogP) is 2.47. The van der Waals surface area contributed by atoms with Crippen molar-refractivity contribution in [3.8, 4) is 5.75 Å². The molecule has 104 valence electrons. The quantitative estimate of drug-likeness (QED) is 0.805. The Bertz CT molecular complexity index is 634. The lowest BCUT2D eigenvalue weighted by Gasteiger charge is -2.22. The van der Waals surface area contributed by atoms with Crippen LogP contribution in [0.1, 0.15) is 29.6 Å². The molecule has 1 N–H and O–H groups in total. The first-order valence-electron chi connectivity index (χ1n) is 7.06. The SMILES string of the molecule is COc1ccc2cc(C=O)c(N3CCCCC3)[nH+]c2c1. The van der Waals surface area contributed by atoms with Gasteiger partial charge in [-0.2, -0.15) is 0 Å². The monoisotopic (exact) mass is 271 g/mol. The zero-order chi connectivity index (χ0) is 13.9. The molecule has 1 aromatic carbocycles. The molecular formula is C16H19N2O2+. The number of hydrogen-bond donors (Lipinski definition) is 0. The molecule has 0 aliphatic carbocycles. The number of hydrogen-bond acceptors (Lipinski definition) is 3. The number of aromatic amines is 1. The molecule has 1 saturated heterocycles.